The van der Waals surface area contributed by atoms with E-state index in [-0.39, 0.29) is 11.6 Å². The molecule has 0 fully saturated rings. The number of halogens is 2. The summed E-state index contributed by atoms with van der Waals surface area (Å²) in [5, 5.41) is 20.7. The predicted octanol–water partition coefficient (Wildman–Crippen LogP) is 13.5. The molecule has 0 radical (unpaired) electrons. The first-order chi connectivity index (χ1) is 25.4. The molecule has 0 amide bonds. The third-order valence-electron chi connectivity index (χ3n) is 8.49. The van der Waals surface area contributed by atoms with Crippen molar-refractivity contribution in [2.45, 2.75) is 65.2 Å². The van der Waals surface area contributed by atoms with Crippen LogP contribution in [0, 0.1) is 34.3 Å². The van der Waals surface area contributed by atoms with Gasteiger partial charge in [-0.3, -0.25) is 0 Å². The average Bonchev–Trinajstić information content (AvgIpc) is 3.85. The fourth-order valence-electron chi connectivity index (χ4n) is 5.62. The Bertz CT molecular complexity index is 1910. The standard InChI is InChI=1S/C44H42F2N2O2S2/c1-3-5-7-9-23-49-39-27-34(26-36(30-48)44-22-20-42(52-44)32-13-17-38(46)18-14-32)40(50-24-10-8-6-4-2)28-33(39)25-35(29-47)43-21-19-41(51-43)31-11-15-37(45)16-12-31/h11-22,25-28H,3-10,23-24H2,1-2H3/b35-25+,36-26+. The SMILES string of the molecule is CCCCCCOc1cc(/C=C(\C#N)c2ccc(-c3ccc(F)cc3)s2)c(OCCCCCC)cc1/C=C(\C#N)c1ccc(-c2ccc(F)cc2)s1. The first-order valence-electron chi connectivity index (χ1n) is 17.8. The second-order valence-electron chi connectivity index (χ2n) is 12.4. The van der Waals surface area contributed by atoms with Crippen molar-refractivity contribution >= 4 is 46.0 Å². The van der Waals surface area contributed by atoms with Gasteiger partial charge < -0.3 is 9.47 Å². The van der Waals surface area contributed by atoms with Gasteiger partial charge in [0.15, 0.2) is 0 Å². The summed E-state index contributed by atoms with van der Waals surface area (Å²) in [6.07, 6.45) is 12.0. The number of unbranched alkanes of at least 4 members (excludes halogenated alkanes) is 6. The number of nitrogens with zero attached hydrogens (tertiary/aromatic N) is 2. The summed E-state index contributed by atoms with van der Waals surface area (Å²) in [4.78, 5) is 3.42. The van der Waals surface area contributed by atoms with Crippen LogP contribution in [-0.2, 0) is 0 Å². The average molecular weight is 733 g/mol. The lowest BCUT2D eigenvalue weighted by Gasteiger charge is -2.16. The van der Waals surface area contributed by atoms with Crippen molar-refractivity contribution in [3.63, 3.8) is 0 Å². The predicted molar refractivity (Wildman–Crippen MR) is 212 cm³/mol. The van der Waals surface area contributed by atoms with Gasteiger partial charge in [-0.05, 0) is 96.8 Å². The molecule has 3 aromatic carbocycles. The minimum Gasteiger partial charge on any atom is -0.493 e. The van der Waals surface area contributed by atoms with Crippen LogP contribution in [0.4, 0.5) is 8.78 Å². The Balaban J connectivity index is 1.55. The smallest absolute Gasteiger partial charge is 0.127 e. The maximum atomic E-state index is 13.6. The number of nitriles is 2. The van der Waals surface area contributed by atoms with E-state index in [0.717, 1.165) is 82.0 Å². The molecule has 0 spiro atoms. The van der Waals surface area contributed by atoms with E-state index < -0.39 is 0 Å². The number of allylic oxidation sites excluding steroid dienone is 2. The molecule has 0 saturated carbocycles. The minimum absolute atomic E-state index is 0.297. The number of hydrogen-bond donors (Lipinski definition) is 0. The van der Waals surface area contributed by atoms with Crippen molar-refractivity contribution < 1.29 is 18.3 Å². The quantitative estimate of drug-likeness (QED) is 0.0664. The molecule has 0 aliphatic carbocycles. The number of rotatable bonds is 18. The summed E-state index contributed by atoms with van der Waals surface area (Å²) < 4.78 is 40.0. The van der Waals surface area contributed by atoms with Gasteiger partial charge in [-0.2, -0.15) is 10.5 Å². The van der Waals surface area contributed by atoms with Gasteiger partial charge in [0.2, 0.25) is 0 Å². The van der Waals surface area contributed by atoms with E-state index in [2.05, 4.69) is 26.0 Å². The normalized spacial score (nSPS) is 11.7. The molecular formula is C44H42F2N2O2S2. The lowest BCUT2D eigenvalue weighted by Crippen LogP contribution is -2.03. The minimum atomic E-state index is -0.297. The van der Waals surface area contributed by atoms with Gasteiger partial charge in [-0.25, -0.2) is 8.78 Å². The van der Waals surface area contributed by atoms with Crippen LogP contribution in [0.1, 0.15) is 86.1 Å². The highest BCUT2D eigenvalue weighted by molar-refractivity contribution is 7.17. The van der Waals surface area contributed by atoms with Crippen molar-refractivity contribution in [2.75, 3.05) is 13.2 Å². The highest BCUT2D eigenvalue weighted by atomic mass is 32.1. The van der Waals surface area contributed by atoms with Gasteiger partial charge in [-0.1, -0.05) is 76.6 Å². The van der Waals surface area contributed by atoms with E-state index in [0.29, 0.717) is 47.0 Å². The van der Waals surface area contributed by atoms with Gasteiger partial charge in [0.05, 0.1) is 24.4 Å². The summed E-state index contributed by atoms with van der Waals surface area (Å²) in [6, 6.07) is 28.9. The molecule has 0 atom stereocenters. The fourth-order valence-corrected chi connectivity index (χ4v) is 7.58. The number of benzene rings is 3. The number of ether oxygens (including phenoxy) is 2. The Morgan fingerprint density at radius 3 is 1.35 bits per heavy atom. The molecule has 2 aromatic heterocycles. The Morgan fingerprint density at radius 1 is 0.577 bits per heavy atom. The first-order valence-corrected chi connectivity index (χ1v) is 19.4. The van der Waals surface area contributed by atoms with Crippen LogP contribution in [0.15, 0.2) is 84.9 Å². The van der Waals surface area contributed by atoms with E-state index >= 15 is 0 Å². The first kappa shape index (κ1) is 38.2. The molecule has 0 bridgehead atoms. The van der Waals surface area contributed by atoms with Crippen LogP contribution >= 0.6 is 22.7 Å². The van der Waals surface area contributed by atoms with Crippen molar-refractivity contribution in [3.05, 3.63) is 117 Å². The molecule has 5 rings (SSSR count). The van der Waals surface area contributed by atoms with Crippen molar-refractivity contribution in [3.8, 4) is 44.5 Å². The molecule has 8 heteroatoms. The summed E-state index contributed by atoms with van der Waals surface area (Å²) in [5.74, 6) is 0.599. The van der Waals surface area contributed by atoms with E-state index in [4.69, 9.17) is 9.47 Å². The van der Waals surface area contributed by atoms with E-state index in [1.807, 2.05) is 48.6 Å². The Morgan fingerprint density at radius 2 is 0.981 bits per heavy atom. The van der Waals surface area contributed by atoms with E-state index in [1.54, 1.807) is 24.3 Å². The Labute approximate surface area is 313 Å². The monoisotopic (exact) mass is 732 g/mol. The van der Waals surface area contributed by atoms with Crippen LogP contribution in [0.5, 0.6) is 11.5 Å². The van der Waals surface area contributed by atoms with Crippen LogP contribution in [0.2, 0.25) is 0 Å². The maximum Gasteiger partial charge on any atom is 0.127 e. The van der Waals surface area contributed by atoms with E-state index in [9.17, 15) is 19.3 Å². The highest BCUT2D eigenvalue weighted by Crippen LogP contribution is 2.39. The zero-order valence-corrected chi connectivity index (χ0v) is 31.2. The topological polar surface area (TPSA) is 66.0 Å². The van der Waals surface area contributed by atoms with Gasteiger partial charge in [0, 0.05) is 30.6 Å². The van der Waals surface area contributed by atoms with Gasteiger partial charge in [0.1, 0.15) is 35.3 Å². The zero-order chi connectivity index (χ0) is 36.7. The van der Waals surface area contributed by atoms with Gasteiger partial charge in [0.25, 0.3) is 0 Å². The molecule has 0 unspecified atom stereocenters. The fraction of sp³-hybridized carbons (Fsp3) is 0.273. The third kappa shape index (κ3) is 10.5. The number of thiophene rings is 2. The van der Waals surface area contributed by atoms with Crippen LogP contribution in [0.25, 0.3) is 44.2 Å². The molecule has 52 heavy (non-hydrogen) atoms. The van der Waals surface area contributed by atoms with Crippen molar-refractivity contribution in [1.82, 2.24) is 0 Å². The largest absolute Gasteiger partial charge is 0.493 e. The second kappa shape index (κ2) is 19.6. The molecule has 2 heterocycles. The molecule has 0 aliphatic heterocycles. The summed E-state index contributed by atoms with van der Waals surface area (Å²) in [7, 11) is 0. The Hall–Kier alpha value is -5.02. The molecule has 0 saturated heterocycles. The van der Waals surface area contributed by atoms with Crippen LogP contribution in [0.3, 0.4) is 0 Å². The van der Waals surface area contributed by atoms with Gasteiger partial charge in [-0.15, -0.1) is 22.7 Å². The summed E-state index contributed by atoms with van der Waals surface area (Å²) >= 11 is 2.93. The zero-order valence-electron chi connectivity index (χ0n) is 29.6. The molecular weight excluding hydrogens is 691 g/mol. The summed E-state index contributed by atoms with van der Waals surface area (Å²) in [5.41, 5.74) is 4.11. The van der Waals surface area contributed by atoms with E-state index in [1.165, 1.54) is 46.9 Å². The van der Waals surface area contributed by atoms with Gasteiger partial charge >= 0.3 is 0 Å². The lowest BCUT2D eigenvalue weighted by molar-refractivity contribution is 0.296. The molecule has 266 valence electrons. The number of hydrogen-bond acceptors (Lipinski definition) is 6. The lowest BCUT2D eigenvalue weighted by atomic mass is 10.0. The van der Waals surface area contributed by atoms with Crippen molar-refractivity contribution in [2.24, 2.45) is 0 Å². The highest BCUT2D eigenvalue weighted by Gasteiger charge is 2.16. The van der Waals surface area contributed by atoms with Crippen molar-refractivity contribution in [1.29, 1.82) is 10.5 Å². The Kier molecular flexibility index (Phi) is 14.4. The second-order valence-corrected chi connectivity index (χ2v) is 14.6. The van der Waals surface area contributed by atoms with Crippen LogP contribution < -0.4 is 9.47 Å². The molecule has 4 nitrogen and oxygen atoms in total. The molecule has 0 aliphatic rings. The maximum absolute atomic E-state index is 13.6. The summed E-state index contributed by atoms with van der Waals surface area (Å²) in [6.45, 7) is 5.35. The molecule has 0 N–H and O–H groups in total. The van der Waals surface area contributed by atoms with Crippen LogP contribution in [-0.4, -0.2) is 13.2 Å². The molecule has 5 aromatic rings. The third-order valence-corrected chi connectivity index (χ3v) is 10.8.